The number of carbonyl (C=O) groups excluding carboxylic acids is 1. The zero-order chi connectivity index (χ0) is 13.9. The minimum atomic E-state index is -0.138. The number of anilines is 2. The zero-order valence-electron chi connectivity index (χ0n) is 11.1. The van der Waals surface area contributed by atoms with Crippen LogP contribution < -0.4 is 16.4 Å². The Labute approximate surface area is 118 Å². The van der Waals surface area contributed by atoms with Gasteiger partial charge in [-0.2, -0.15) is 0 Å². The number of fused-ring (bicyclic) bond motifs is 1. The molecule has 2 aromatic rings. The summed E-state index contributed by atoms with van der Waals surface area (Å²) >= 11 is 0. The molecular formula is C16H17N3O. The smallest absolute Gasteiger partial charge is 0.255 e. The third-order valence-electron chi connectivity index (χ3n) is 3.50. The van der Waals surface area contributed by atoms with Crippen molar-refractivity contribution in [2.45, 2.75) is 13.0 Å². The molecule has 0 atom stereocenters. The SMILES string of the molecule is Nc1cccc(C(=O)Nc2ccc3c(c2)CNCC3)c1. The van der Waals surface area contributed by atoms with Crippen molar-refractivity contribution < 1.29 is 4.79 Å². The van der Waals surface area contributed by atoms with Crippen molar-refractivity contribution in [3.8, 4) is 0 Å². The van der Waals surface area contributed by atoms with E-state index >= 15 is 0 Å². The molecule has 1 amide bonds. The molecule has 0 aromatic heterocycles. The fraction of sp³-hybridized carbons (Fsp3) is 0.188. The molecule has 1 heterocycles. The Hall–Kier alpha value is -2.33. The van der Waals surface area contributed by atoms with E-state index < -0.39 is 0 Å². The Morgan fingerprint density at radius 2 is 2.05 bits per heavy atom. The first-order chi connectivity index (χ1) is 9.72. The molecule has 4 N–H and O–H groups in total. The van der Waals surface area contributed by atoms with Gasteiger partial charge in [-0.15, -0.1) is 0 Å². The number of nitrogen functional groups attached to an aromatic ring is 1. The number of hydrogen-bond donors (Lipinski definition) is 3. The summed E-state index contributed by atoms with van der Waals surface area (Å²) in [7, 11) is 0. The number of hydrogen-bond acceptors (Lipinski definition) is 3. The van der Waals surface area contributed by atoms with Crippen LogP contribution in [-0.2, 0) is 13.0 Å². The van der Waals surface area contributed by atoms with Crippen molar-refractivity contribution in [1.82, 2.24) is 5.32 Å². The first-order valence-corrected chi connectivity index (χ1v) is 6.72. The molecule has 3 rings (SSSR count). The first kappa shape index (κ1) is 12.7. The van der Waals surface area contributed by atoms with Crippen LogP contribution in [0.5, 0.6) is 0 Å². The average molecular weight is 267 g/mol. The Kier molecular flexibility index (Phi) is 3.39. The van der Waals surface area contributed by atoms with Gasteiger partial charge in [0.2, 0.25) is 0 Å². The maximum Gasteiger partial charge on any atom is 0.255 e. The summed E-state index contributed by atoms with van der Waals surface area (Å²) in [6.45, 7) is 1.87. The van der Waals surface area contributed by atoms with Crippen LogP contribution in [0.4, 0.5) is 11.4 Å². The highest BCUT2D eigenvalue weighted by Crippen LogP contribution is 2.19. The summed E-state index contributed by atoms with van der Waals surface area (Å²) in [6.07, 6.45) is 1.04. The Balaban J connectivity index is 1.79. The number of nitrogens with two attached hydrogens (primary N) is 1. The van der Waals surface area contributed by atoms with Crippen LogP contribution >= 0.6 is 0 Å². The largest absolute Gasteiger partial charge is 0.399 e. The summed E-state index contributed by atoms with van der Waals surface area (Å²) < 4.78 is 0. The Bertz CT molecular complexity index is 652. The first-order valence-electron chi connectivity index (χ1n) is 6.72. The van der Waals surface area contributed by atoms with Gasteiger partial charge in [-0.1, -0.05) is 12.1 Å². The molecule has 1 aliphatic heterocycles. The molecule has 4 nitrogen and oxygen atoms in total. The van der Waals surface area contributed by atoms with Gasteiger partial charge < -0.3 is 16.4 Å². The van der Waals surface area contributed by atoms with Gasteiger partial charge in [0.1, 0.15) is 0 Å². The summed E-state index contributed by atoms with van der Waals surface area (Å²) in [6, 6.07) is 13.1. The molecule has 0 unspecified atom stereocenters. The Morgan fingerprint density at radius 1 is 1.15 bits per heavy atom. The summed E-state index contributed by atoms with van der Waals surface area (Å²) in [5.41, 5.74) is 10.3. The lowest BCUT2D eigenvalue weighted by molar-refractivity contribution is 0.102. The van der Waals surface area contributed by atoms with Crippen molar-refractivity contribution in [3.63, 3.8) is 0 Å². The van der Waals surface area contributed by atoms with Gasteiger partial charge >= 0.3 is 0 Å². The second kappa shape index (κ2) is 5.35. The molecule has 0 spiro atoms. The highest BCUT2D eigenvalue weighted by molar-refractivity contribution is 6.04. The van der Waals surface area contributed by atoms with Crippen LogP contribution in [0.2, 0.25) is 0 Å². The van der Waals surface area contributed by atoms with E-state index in [-0.39, 0.29) is 5.91 Å². The molecule has 0 radical (unpaired) electrons. The minimum Gasteiger partial charge on any atom is -0.399 e. The van der Waals surface area contributed by atoms with Crippen molar-refractivity contribution in [2.24, 2.45) is 0 Å². The quantitative estimate of drug-likeness (QED) is 0.730. The summed E-state index contributed by atoms with van der Waals surface area (Å²) in [5.74, 6) is -0.138. The second-order valence-corrected chi connectivity index (χ2v) is 4.99. The van der Waals surface area contributed by atoms with Crippen LogP contribution in [-0.4, -0.2) is 12.5 Å². The molecule has 102 valence electrons. The van der Waals surface area contributed by atoms with Crippen molar-refractivity contribution in [2.75, 3.05) is 17.6 Å². The molecule has 0 bridgehead atoms. The van der Waals surface area contributed by atoms with E-state index in [2.05, 4.69) is 16.7 Å². The van der Waals surface area contributed by atoms with Crippen LogP contribution in [0.1, 0.15) is 21.5 Å². The monoisotopic (exact) mass is 267 g/mol. The maximum absolute atomic E-state index is 12.2. The van der Waals surface area contributed by atoms with Gasteiger partial charge in [0, 0.05) is 23.5 Å². The van der Waals surface area contributed by atoms with Gasteiger partial charge in [-0.3, -0.25) is 4.79 Å². The topological polar surface area (TPSA) is 67.2 Å². The predicted octanol–water partition coefficient (Wildman–Crippen LogP) is 2.17. The molecule has 20 heavy (non-hydrogen) atoms. The number of amides is 1. The van der Waals surface area contributed by atoms with E-state index in [1.807, 2.05) is 12.1 Å². The number of carbonyl (C=O) groups is 1. The van der Waals surface area contributed by atoms with E-state index in [4.69, 9.17) is 5.73 Å². The molecule has 0 fully saturated rings. The fourth-order valence-electron chi connectivity index (χ4n) is 2.44. The van der Waals surface area contributed by atoms with Crippen LogP contribution in [0.3, 0.4) is 0 Å². The third kappa shape index (κ3) is 2.65. The molecule has 2 aromatic carbocycles. The van der Waals surface area contributed by atoms with E-state index in [1.165, 1.54) is 11.1 Å². The van der Waals surface area contributed by atoms with Gasteiger partial charge in [0.05, 0.1) is 0 Å². The third-order valence-corrected chi connectivity index (χ3v) is 3.50. The highest BCUT2D eigenvalue weighted by atomic mass is 16.1. The normalized spacial score (nSPS) is 13.6. The van der Waals surface area contributed by atoms with Crippen LogP contribution in [0, 0.1) is 0 Å². The summed E-state index contributed by atoms with van der Waals surface area (Å²) in [5, 5.41) is 6.24. The molecule has 0 saturated heterocycles. The summed E-state index contributed by atoms with van der Waals surface area (Å²) in [4.78, 5) is 12.2. The molecule has 0 saturated carbocycles. The van der Waals surface area contributed by atoms with E-state index in [0.29, 0.717) is 11.3 Å². The van der Waals surface area contributed by atoms with Gasteiger partial charge in [-0.05, 0) is 54.4 Å². The van der Waals surface area contributed by atoms with E-state index in [0.717, 1.165) is 25.2 Å². The zero-order valence-corrected chi connectivity index (χ0v) is 11.1. The average Bonchev–Trinajstić information content (AvgIpc) is 2.47. The lowest BCUT2D eigenvalue weighted by Crippen LogP contribution is -2.23. The van der Waals surface area contributed by atoms with Crippen molar-refractivity contribution >= 4 is 17.3 Å². The van der Waals surface area contributed by atoms with E-state index in [9.17, 15) is 4.79 Å². The van der Waals surface area contributed by atoms with Gasteiger partial charge in [0.25, 0.3) is 5.91 Å². The molecule has 4 heteroatoms. The number of benzene rings is 2. The second-order valence-electron chi connectivity index (χ2n) is 4.99. The Morgan fingerprint density at radius 3 is 2.90 bits per heavy atom. The lowest BCUT2D eigenvalue weighted by atomic mass is 10.0. The molecule has 0 aliphatic carbocycles. The van der Waals surface area contributed by atoms with Crippen LogP contribution in [0.15, 0.2) is 42.5 Å². The minimum absolute atomic E-state index is 0.138. The lowest BCUT2D eigenvalue weighted by Gasteiger charge is -2.18. The fourth-order valence-corrected chi connectivity index (χ4v) is 2.44. The number of nitrogens with one attached hydrogen (secondary N) is 2. The predicted molar refractivity (Wildman–Crippen MR) is 80.7 cm³/mol. The molecular weight excluding hydrogens is 250 g/mol. The van der Waals surface area contributed by atoms with Gasteiger partial charge in [0.15, 0.2) is 0 Å². The highest BCUT2D eigenvalue weighted by Gasteiger charge is 2.11. The van der Waals surface area contributed by atoms with Crippen LogP contribution in [0.25, 0.3) is 0 Å². The van der Waals surface area contributed by atoms with Gasteiger partial charge in [-0.25, -0.2) is 0 Å². The van der Waals surface area contributed by atoms with E-state index in [1.54, 1.807) is 24.3 Å². The molecule has 1 aliphatic rings. The number of rotatable bonds is 2. The van der Waals surface area contributed by atoms with Crippen molar-refractivity contribution in [1.29, 1.82) is 0 Å². The van der Waals surface area contributed by atoms with Crippen molar-refractivity contribution in [3.05, 3.63) is 59.2 Å². The maximum atomic E-state index is 12.2. The standard InChI is InChI=1S/C16H17N3O/c17-14-3-1-2-12(8-14)16(20)19-15-5-4-11-6-7-18-10-13(11)9-15/h1-5,8-9,18H,6-7,10,17H2,(H,19,20).